The average molecular weight is 286 g/mol. The predicted molar refractivity (Wildman–Crippen MR) is 71.9 cm³/mol. The Bertz CT molecular complexity index is 636. The molecule has 0 unspecified atom stereocenters. The normalized spacial score (nSPS) is 32.9. The van der Waals surface area contributed by atoms with Crippen LogP contribution in [-0.4, -0.2) is 40.0 Å². The van der Waals surface area contributed by atoms with E-state index in [0.29, 0.717) is 23.5 Å². The Balaban J connectivity index is 1.69. The van der Waals surface area contributed by atoms with Crippen molar-refractivity contribution in [2.45, 2.75) is 24.9 Å². The van der Waals surface area contributed by atoms with E-state index < -0.39 is 6.09 Å². The van der Waals surface area contributed by atoms with Gasteiger partial charge in [0.1, 0.15) is 0 Å². The van der Waals surface area contributed by atoms with Crippen LogP contribution in [0.3, 0.4) is 0 Å². The number of rotatable bonds is 2. The number of imide groups is 1. The maximum absolute atomic E-state index is 12.5. The molecule has 0 radical (unpaired) electrons. The lowest BCUT2D eigenvalue weighted by Crippen LogP contribution is -2.52. The fraction of sp³-hybridized carbons (Fsp3) is 0.400. The minimum absolute atomic E-state index is 0.240. The molecule has 4 rings (SSSR count). The number of carboxylic acid groups (broad SMARTS) is 1. The molecule has 0 saturated heterocycles. The number of nitrogens with zero attached hydrogens (tertiary/aromatic N) is 1. The van der Waals surface area contributed by atoms with Crippen LogP contribution in [0.2, 0.25) is 0 Å². The number of nitrogens with one attached hydrogen (secondary N) is 1. The van der Waals surface area contributed by atoms with E-state index in [9.17, 15) is 14.4 Å². The minimum atomic E-state index is -1.11. The quantitative estimate of drug-likeness (QED) is 0.803. The molecular formula is C15H14N2O4. The summed E-state index contributed by atoms with van der Waals surface area (Å²) in [5, 5.41) is 11.4. The molecule has 2 fully saturated rings. The first-order valence-electron chi connectivity index (χ1n) is 7.04. The van der Waals surface area contributed by atoms with E-state index in [-0.39, 0.29) is 29.8 Å². The highest BCUT2D eigenvalue weighted by Crippen LogP contribution is 2.54. The Morgan fingerprint density at radius 1 is 1.14 bits per heavy atom. The fourth-order valence-electron chi connectivity index (χ4n) is 3.88. The van der Waals surface area contributed by atoms with E-state index in [1.54, 1.807) is 24.3 Å². The molecule has 6 heteroatoms. The molecule has 21 heavy (non-hydrogen) atoms. The molecular weight excluding hydrogens is 272 g/mol. The van der Waals surface area contributed by atoms with E-state index in [0.717, 1.165) is 6.42 Å². The summed E-state index contributed by atoms with van der Waals surface area (Å²) in [5.41, 5.74) is 0.835. The molecule has 0 aromatic heterocycles. The van der Waals surface area contributed by atoms with Crippen LogP contribution in [0, 0.1) is 11.8 Å². The van der Waals surface area contributed by atoms with Gasteiger partial charge in [-0.3, -0.25) is 14.5 Å². The third-order valence-electron chi connectivity index (χ3n) is 4.82. The zero-order valence-corrected chi connectivity index (χ0v) is 11.2. The van der Waals surface area contributed by atoms with Crippen molar-refractivity contribution >= 4 is 17.9 Å². The van der Waals surface area contributed by atoms with Gasteiger partial charge in [0.05, 0.1) is 23.2 Å². The average Bonchev–Trinajstić information content (AvgIpc) is 3.06. The lowest BCUT2D eigenvalue weighted by atomic mass is 10.1. The third kappa shape index (κ3) is 1.68. The first kappa shape index (κ1) is 12.4. The van der Waals surface area contributed by atoms with E-state index >= 15 is 0 Å². The summed E-state index contributed by atoms with van der Waals surface area (Å²) in [6.07, 6.45) is 0.563. The summed E-state index contributed by atoms with van der Waals surface area (Å²) < 4.78 is 0. The van der Waals surface area contributed by atoms with Gasteiger partial charge in [-0.2, -0.15) is 0 Å². The van der Waals surface area contributed by atoms with E-state index in [1.165, 1.54) is 4.90 Å². The largest absolute Gasteiger partial charge is 0.465 e. The van der Waals surface area contributed by atoms with Crippen molar-refractivity contribution in [1.29, 1.82) is 0 Å². The van der Waals surface area contributed by atoms with E-state index in [2.05, 4.69) is 5.32 Å². The summed E-state index contributed by atoms with van der Waals surface area (Å²) in [7, 11) is 0. The van der Waals surface area contributed by atoms with Gasteiger partial charge in [-0.15, -0.1) is 0 Å². The van der Waals surface area contributed by atoms with Gasteiger partial charge < -0.3 is 10.4 Å². The van der Waals surface area contributed by atoms with Crippen molar-refractivity contribution in [3.8, 4) is 0 Å². The maximum atomic E-state index is 12.5. The highest BCUT2D eigenvalue weighted by Gasteiger charge is 2.59. The molecule has 0 spiro atoms. The van der Waals surface area contributed by atoms with Crippen molar-refractivity contribution in [1.82, 2.24) is 10.2 Å². The van der Waals surface area contributed by atoms with Crippen LogP contribution in [0.1, 0.15) is 33.6 Å². The molecule has 3 amide bonds. The number of carbonyl (C=O) groups is 3. The van der Waals surface area contributed by atoms with Crippen LogP contribution in [-0.2, 0) is 0 Å². The van der Waals surface area contributed by atoms with Crippen LogP contribution in [0.25, 0.3) is 0 Å². The number of fused-ring (bicyclic) bond motifs is 2. The number of hydrogen-bond donors (Lipinski definition) is 2. The van der Waals surface area contributed by atoms with Gasteiger partial charge in [-0.1, -0.05) is 12.1 Å². The van der Waals surface area contributed by atoms with Crippen molar-refractivity contribution in [3.63, 3.8) is 0 Å². The van der Waals surface area contributed by atoms with Crippen molar-refractivity contribution in [2.75, 3.05) is 0 Å². The third-order valence-corrected chi connectivity index (χ3v) is 4.82. The van der Waals surface area contributed by atoms with Gasteiger partial charge >= 0.3 is 6.09 Å². The highest BCUT2D eigenvalue weighted by molar-refractivity contribution is 6.21. The molecule has 6 nitrogen and oxygen atoms in total. The smallest absolute Gasteiger partial charge is 0.404 e. The molecule has 2 aliphatic carbocycles. The molecule has 1 aromatic rings. The molecule has 1 aromatic carbocycles. The van der Waals surface area contributed by atoms with Gasteiger partial charge in [0, 0.05) is 0 Å². The van der Waals surface area contributed by atoms with Gasteiger partial charge in [0.2, 0.25) is 0 Å². The lowest BCUT2D eigenvalue weighted by molar-refractivity contribution is 0.0539. The molecule has 1 aliphatic heterocycles. The fourth-order valence-corrected chi connectivity index (χ4v) is 3.88. The Morgan fingerprint density at radius 2 is 1.76 bits per heavy atom. The monoisotopic (exact) mass is 286 g/mol. The summed E-state index contributed by atoms with van der Waals surface area (Å²) in [5.74, 6) is 0.0657. The second kappa shape index (κ2) is 4.07. The van der Waals surface area contributed by atoms with E-state index in [1.807, 2.05) is 0 Å². The van der Waals surface area contributed by atoms with E-state index in [4.69, 9.17) is 5.11 Å². The zero-order valence-electron chi connectivity index (χ0n) is 11.2. The standard InChI is InChI=1S/C15H14N2O4/c18-13-8-3-1-2-4-9(8)14(19)17(13)12-10-5-7(10)6-11(12)16-15(20)21/h1-4,7,10-12,16H,5-6H2,(H,20,21)/t7-,10-,11-,12+/m0/s1. The van der Waals surface area contributed by atoms with Gasteiger partial charge in [0.25, 0.3) is 11.8 Å². The number of benzene rings is 1. The second-order valence-electron chi connectivity index (χ2n) is 5.97. The number of carbonyl (C=O) groups excluding carboxylic acids is 2. The van der Waals surface area contributed by atoms with Gasteiger partial charge in [-0.05, 0) is 36.8 Å². The Hall–Kier alpha value is -2.37. The molecule has 108 valence electrons. The van der Waals surface area contributed by atoms with Crippen LogP contribution >= 0.6 is 0 Å². The topological polar surface area (TPSA) is 86.7 Å². The first-order valence-corrected chi connectivity index (χ1v) is 7.04. The van der Waals surface area contributed by atoms with Crippen LogP contribution in [0.15, 0.2) is 24.3 Å². The van der Waals surface area contributed by atoms with Crippen LogP contribution in [0.4, 0.5) is 4.79 Å². The maximum Gasteiger partial charge on any atom is 0.404 e. The Kier molecular flexibility index (Phi) is 2.40. The van der Waals surface area contributed by atoms with Crippen molar-refractivity contribution in [2.24, 2.45) is 11.8 Å². The summed E-state index contributed by atoms with van der Waals surface area (Å²) in [6, 6.07) is 6.06. The Labute approximate surface area is 120 Å². The zero-order chi connectivity index (χ0) is 14.7. The van der Waals surface area contributed by atoms with Crippen molar-refractivity contribution < 1.29 is 19.5 Å². The number of amides is 3. The molecule has 0 bridgehead atoms. The second-order valence-corrected chi connectivity index (χ2v) is 5.97. The van der Waals surface area contributed by atoms with Gasteiger partial charge in [0.15, 0.2) is 0 Å². The summed E-state index contributed by atoms with van der Waals surface area (Å²) in [4.78, 5) is 37.2. The van der Waals surface area contributed by atoms with Gasteiger partial charge in [-0.25, -0.2) is 4.79 Å². The molecule has 3 aliphatic rings. The summed E-state index contributed by atoms with van der Waals surface area (Å²) in [6.45, 7) is 0. The predicted octanol–water partition coefficient (Wildman–Crippen LogP) is 1.33. The van der Waals surface area contributed by atoms with Crippen LogP contribution < -0.4 is 5.32 Å². The van der Waals surface area contributed by atoms with Crippen molar-refractivity contribution in [3.05, 3.63) is 35.4 Å². The molecule has 4 atom stereocenters. The highest BCUT2D eigenvalue weighted by atomic mass is 16.4. The summed E-state index contributed by atoms with van der Waals surface area (Å²) >= 11 is 0. The van der Waals surface area contributed by atoms with Crippen LogP contribution in [0.5, 0.6) is 0 Å². The molecule has 2 saturated carbocycles. The Morgan fingerprint density at radius 3 is 2.33 bits per heavy atom. The number of hydrogen-bond acceptors (Lipinski definition) is 3. The first-order chi connectivity index (χ1) is 10.1. The lowest BCUT2D eigenvalue weighted by Gasteiger charge is -2.29. The molecule has 2 N–H and O–H groups in total. The minimum Gasteiger partial charge on any atom is -0.465 e. The molecule has 1 heterocycles. The SMILES string of the molecule is O=C(O)N[C@H]1C[C@@H]2C[C@@H]2[C@H]1N1C(=O)c2ccccc2C1=O.